The summed E-state index contributed by atoms with van der Waals surface area (Å²) in [7, 11) is -3.49. The Morgan fingerprint density at radius 1 is 1.14 bits per heavy atom. The molecule has 0 spiro atoms. The Morgan fingerprint density at radius 2 is 1.75 bits per heavy atom. The van der Waals surface area contributed by atoms with Crippen LogP contribution < -0.4 is 5.32 Å². The molecule has 0 aromatic rings. The molecule has 0 saturated carbocycles. The molecule has 7 nitrogen and oxygen atoms in total. The van der Waals surface area contributed by atoms with Gasteiger partial charge in [0, 0.05) is 45.8 Å². The van der Waals surface area contributed by atoms with Crippen molar-refractivity contribution in [2.75, 3.05) is 52.9 Å². The number of guanidine groups is 1. The zero-order chi connectivity index (χ0) is 20.9. The smallest absolute Gasteiger partial charge is 0.356 e. The van der Waals surface area contributed by atoms with Gasteiger partial charge in [0.05, 0.1) is 0 Å². The maximum Gasteiger partial charge on any atom is 0.511 e. The minimum atomic E-state index is -5.22. The molecule has 2 rings (SSSR count). The van der Waals surface area contributed by atoms with Crippen molar-refractivity contribution in [3.63, 3.8) is 0 Å². The van der Waals surface area contributed by atoms with Crippen LogP contribution in [-0.4, -0.2) is 92.9 Å². The van der Waals surface area contributed by atoms with E-state index in [1.807, 2.05) is 0 Å². The molecular formula is C17H32F3N5O2S. The first-order chi connectivity index (χ1) is 13.1. The SMILES string of the molecule is CCN(CC)C1CCN(C(=NC)NCC2CCN(S(=O)(=O)C(F)(F)F)CC2)C1. The van der Waals surface area contributed by atoms with Gasteiger partial charge in [-0.25, -0.2) is 8.42 Å². The summed E-state index contributed by atoms with van der Waals surface area (Å²) in [5.74, 6) is 0.928. The molecule has 2 aliphatic rings. The van der Waals surface area contributed by atoms with Crippen molar-refractivity contribution in [1.29, 1.82) is 0 Å². The molecule has 164 valence electrons. The Balaban J connectivity index is 1.81. The number of rotatable bonds is 6. The third-order valence-electron chi connectivity index (χ3n) is 5.76. The largest absolute Gasteiger partial charge is 0.511 e. The first-order valence-corrected chi connectivity index (χ1v) is 11.3. The molecule has 2 aliphatic heterocycles. The lowest BCUT2D eigenvalue weighted by Gasteiger charge is -2.32. The molecule has 0 aromatic heterocycles. The average molecular weight is 428 g/mol. The number of hydrogen-bond donors (Lipinski definition) is 1. The number of hydrogen-bond acceptors (Lipinski definition) is 4. The second-order valence-corrected chi connectivity index (χ2v) is 9.26. The van der Waals surface area contributed by atoms with Crippen molar-refractivity contribution in [1.82, 2.24) is 19.4 Å². The number of aliphatic imine (C=N–C) groups is 1. The van der Waals surface area contributed by atoms with Crippen molar-refractivity contribution < 1.29 is 21.6 Å². The lowest BCUT2D eigenvalue weighted by atomic mass is 9.98. The van der Waals surface area contributed by atoms with Crippen LogP contribution in [0.4, 0.5) is 13.2 Å². The van der Waals surface area contributed by atoms with Crippen molar-refractivity contribution in [3.8, 4) is 0 Å². The summed E-state index contributed by atoms with van der Waals surface area (Å²) in [6.07, 6.45) is 1.89. The van der Waals surface area contributed by atoms with Gasteiger partial charge in [0.15, 0.2) is 5.96 Å². The van der Waals surface area contributed by atoms with E-state index in [4.69, 9.17) is 0 Å². The summed E-state index contributed by atoms with van der Waals surface area (Å²) in [4.78, 5) is 8.99. The molecule has 1 N–H and O–H groups in total. The second kappa shape index (κ2) is 9.62. The van der Waals surface area contributed by atoms with Crippen molar-refractivity contribution in [3.05, 3.63) is 0 Å². The third kappa shape index (κ3) is 5.29. The number of nitrogens with one attached hydrogen (secondary N) is 1. The molecule has 0 radical (unpaired) electrons. The summed E-state index contributed by atoms with van der Waals surface area (Å²) in [6.45, 7) is 8.56. The molecule has 0 amide bonds. The van der Waals surface area contributed by atoms with Crippen LogP contribution in [0.2, 0.25) is 0 Å². The van der Waals surface area contributed by atoms with Crippen molar-refractivity contribution in [2.45, 2.75) is 44.7 Å². The Morgan fingerprint density at radius 3 is 2.25 bits per heavy atom. The summed E-state index contributed by atoms with van der Waals surface area (Å²) in [6, 6.07) is 0.504. The molecule has 0 aromatic carbocycles. The van der Waals surface area contributed by atoms with Crippen LogP contribution >= 0.6 is 0 Å². The standard InChI is InChI=1S/C17H32F3N5O2S/c1-4-23(5-2)15-8-9-24(13-15)16(21-3)22-12-14-6-10-25(11-7-14)28(26,27)17(18,19)20/h14-15H,4-13H2,1-3H3,(H,21,22). The highest BCUT2D eigenvalue weighted by atomic mass is 32.2. The fraction of sp³-hybridized carbons (Fsp3) is 0.941. The monoisotopic (exact) mass is 427 g/mol. The van der Waals surface area contributed by atoms with E-state index in [0.717, 1.165) is 38.6 Å². The van der Waals surface area contributed by atoms with Crippen LogP contribution in [0.3, 0.4) is 0 Å². The molecule has 0 bridgehead atoms. The number of likely N-dealkylation sites (N-methyl/N-ethyl adjacent to an activating group) is 1. The average Bonchev–Trinajstić information content (AvgIpc) is 3.12. The maximum atomic E-state index is 12.7. The van der Waals surface area contributed by atoms with Gasteiger partial charge in [0.25, 0.3) is 0 Å². The molecule has 0 aliphatic carbocycles. The lowest BCUT2D eigenvalue weighted by molar-refractivity contribution is -0.0496. The first-order valence-electron chi connectivity index (χ1n) is 9.90. The maximum absolute atomic E-state index is 12.7. The molecule has 1 unspecified atom stereocenters. The highest BCUT2D eigenvalue weighted by Gasteiger charge is 2.50. The number of piperidine rings is 1. The van der Waals surface area contributed by atoms with Gasteiger partial charge in [-0.3, -0.25) is 9.89 Å². The molecule has 2 heterocycles. The van der Waals surface area contributed by atoms with E-state index in [-0.39, 0.29) is 19.0 Å². The molecule has 1 atom stereocenters. The predicted octanol–water partition coefficient (Wildman–Crippen LogP) is 1.54. The molecule has 28 heavy (non-hydrogen) atoms. The van der Waals surface area contributed by atoms with Crippen LogP contribution in [0.25, 0.3) is 0 Å². The molecule has 2 fully saturated rings. The first kappa shape index (κ1) is 23.2. The van der Waals surface area contributed by atoms with Gasteiger partial charge in [0.1, 0.15) is 0 Å². The quantitative estimate of drug-likeness (QED) is 0.515. The van der Waals surface area contributed by atoms with E-state index in [2.05, 4.69) is 34.0 Å². The van der Waals surface area contributed by atoms with Crippen LogP contribution in [0.15, 0.2) is 4.99 Å². The number of nitrogens with zero attached hydrogens (tertiary/aromatic N) is 4. The fourth-order valence-electron chi connectivity index (χ4n) is 4.04. The van der Waals surface area contributed by atoms with Crippen LogP contribution in [-0.2, 0) is 10.0 Å². The zero-order valence-corrected chi connectivity index (χ0v) is 17.7. The van der Waals surface area contributed by atoms with Crippen molar-refractivity contribution in [2.24, 2.45) is 10.9 Å². The third-order valence-corrected chi connectivity index (χ3v) is 7.39. The molecule has 2 saturated heterocycles. The molecular weight excluding hydrogens is 395 g/mol. The summed E-state index contributed by atoms with van der Waals surface area (Å²) in [5, 5.41) is 3.33. The van der Waals surface area contributed by atoms with E-state index in [0.29, 0.717) is 29.7 Å². The van der Waals surface area contributed by atoms with Gasteiger partial charge in [-0.1, -0.05) is 13.8 Å². The number of halogens is 3. The van der Waals surface area contributed by atoms with Crippen molar-refractivity contribution >= 4 is 16.0 Å². The Labute approximate surface area is 166 Å². The number of sulfonamides is 1. The van der Waals surface area contributed by atoms with Gasteiger partial charge >= 0.3 is 15.5 Å². The number of likely N-dealkylation sites (tertiary alicyclic amines) is 1. The zero-order valence-electron chi connectivity index (χ0n) is 16.9. The van der Waals surface area contributed by atoms with E-state index >= 15 is 0 Å². The Kier molecular flexibility index (Phi) is 7.97. The van der Waals surface area contributed by atoms with E-state index in [9.17, 15) is 21.6 Å². The lowest BCUT2D eigenvalue weighted by Crippen LogP contribution is -2.48. The van der Waals surface area contributed by atoms with E-state index in [1.54, 1.807) is 7.05 Å². The van der Waals surface area contributed by atoms with Crippen LogP contribution in [0.5, 0.6) is 0 Å². The van der Waals surface area contributed by atoms with E-state index < -0.39 is 15.5 Å². The predicted molar refractivity (Wildman–Crippen MR) is 104 cm³/mol. The highest BCUT2D eigenvalue weighted by molar-refractivity contribution is 7.90. The van der Waals surface area contributed by atoms with Gasteiger partial charge in [-0.2, -0.15) is 17.5 Å². The topological polar surface area (TPSA) is 68.2 Å². The fourth-order valence-corrected chi connectivity index (χ4v) is 5.02. The summed E-state index contributed by atoms with van der Waals surface area (Å²) < 4.78 is 61.5. The Hall–Kier alpha value is -1.07. The van der Waals surface area contributed by atoms with E-state index in [1.165, 1.54) is 0 Å². The summed E-state index contributed by atoms with van der Waals surface area (Å²) >= 11 is 0. The summed E-state index contributed by atoms with van der Waals surface area (Å²) in [5.41, 5.74) is -5.22. The second-order valence-electron chi connectivity index (χ2n) is 7.33. The minimum absolute atomic E-state index is 0.0967. The van der Waals surface area contributed by atoms with Gasteiger partial charge in [-0.15, -0.1) is 0 Å². The van der Waals surface area contributed by atoms with Crippen LogP contribution in [0, 0.1) is 5.92 Å². The minimum Gasteiger partial charge on any atom is -0.356 e. The van der Waals surface area contributed by atoms with Gasteiger partial charge in [0.2, 0.25) is 0 Å². The van der Waals surface area contributed by atoms with Gasteiger partial charge < -0.3 is 10.2 Å². The highest BCUT2D eigenvalue weighted by Crippen LogP contribution is 2.30. The Bertz CT molecular complexity index is 629. The number of alkyl halides is 3. The molecule has 11 heteroatoms. The van der Waals surface area contributed by atoms with Crippen LogP contribution in [0.1, 0.15) is 33.1 Å². The van der Waals surface area contributed by atoms with Gasteiger partial charge in [-0.05, 0) is 38.3 Å². The normalized spacial score (nSPS) is 23.6.